The van der Waals surface area contributed by atoms with Gasteiger partial charge in [0, 0.05) is 37.9 Å². The smallest absolute Gasteiger partial charge is 0.268 e. The number of aromatic amines is 1. The number of carbonyl (C=O) groups excluding carboxylic acids is 1. The van der Waals surface area contributed by atoms with Crippen LogP contribution < -0.4 is 5.73 Å². The SMILES string of the molecule is COCCN(CCSC)Cc1ccc2cc(C(=O)c3cnn(-c4ccc5[nH]c(C)nc5c4)c3N)n(S(=O)(=O)c3ccc(C)cc3)c2c1. The zero-order valence-electron chi connectivity index (χ0n) is 26.7. The van der Waals surface area contributed by atoms with E-state index in [1.807, 2.05) is 50.2 Å². The second kappa shape index (κ2) is 13.4. The van der Waals surface area contributed by atoms with Crippen LogP contribution in [0.5, 0.6) is 0 Å². The van der Waals surface area contributed by atoms with Crippen molar-refractivity contribution in [2.45, 2.75) is 25.3 Å². The predicted octanol–water partition coefficient (Wildman–Crippen LogP) is 5.18. The van der Waals surface area contributed by atoms with Gasteiger partial charge in [-0.2, -0.15) is 16.9 Å². The summed E-state index contributed by atoms with van der Waals surface area (Å²) in [5.74, 6) is 1.26. The standard InChI is InChI=1S/C34H37N7O4S2/c1-22-5-10-27(11-6-22)47(43,44)41-31-17-24(21-39(13-15-45-3)14-16-46-4)7-8-25(31)18-32(41)33(42)28-20-36-40(34(28)35)26-9-12-29-30(19-26)38-23(2)37-29/h5-12,17-20H,13-16,21,35H2,1-4H3,(H,37,38). The number of fused-ring (bicyclic) bond motifs is 2. The Hall–Kier alpha value is -4.43. The normalized spacial score (nSPS) is 12.1. The van der Waals surface area contributed by atoms with E-state index < -0.39 is 15.8 Å². The maximum Gasteiger partial charge on any atom is 0.268 e. The lowest BCUT2D eigenvalue weighted by Gasteiger charge is -2.22. The van der Waals surface area contributed by atoms with Crippen LogP contribution >= 0.6 is 11.8 Å². The fourth-order valence-corrected chi connectivity index (χ4v) is 7.60. The van der Waals surface area contributed by atoms with Crippen LogP contribution in [0.3, 0.4) is 0 Å². The molecule has 6 aromatic rings. The minimum absolute atomic E-state index is 0.0269. The maximum atomic E-state index is 14.4. The molecule has 0 aliphatic rings. The number of nitrogens with one attached hydrogen (secondary N) is 1. The molecule has 11 nitrogen and oxygen atoms in total. The third-order valence-corrected chi connectivity index (χ3v) is 10.5. The summed E-state index contributed by atoms with van der Waals surface area (Å²) in [7, 11) is -2.52. The molecule has 0 fully saturated rings. The first kappa shape index (κ1) is 32.5. The molecule has 3 N–H and O–H groups in total. The molecule has 0 saturated carbocycles. The van der Waals surface area contributed by atoms with E-state index in [9.17, 15) is 13.2 Å². The van der Waals surface area contributed by atoms with Gasteiger partial charge in [0.2, 0.25) is 5.78 Å². The van der Waals surface area contributed by atoms with Crippen molar-refractivity contribution < 1.29 is 17.9 Å². The van der Waals surface area contributed by atoms with Gasteiger partial charge in [-0.25, -0.2) is 22.1 Å². The third kappa shape index (κ3) is 6.44. The van der Waals surface area contributed by atoms with E-state index in [2.05, 4.69) is 26.2 Å². The van der Waals surface area contributed by atoms with Gasteiger partial charge in [0.25, 0.3) is 10.0 Å². The van der Waals surface area contributed by atoms with Crippen LogP contribution in [0.4, 0.5) is 5.82 Å². The van der Waals surface area contributed by atoms with Crippen LogP contribution in [0.25, 0.3) is 27.6 Å². The molecule has 3 aromatic carbocycles. The topological polar surface area (TPSA) is 141 Å². The molecule has 3 aromatic heterocycles. The molecule has 0 amide bonds. The highest BCUT2D eigenvalue weighted by atomic mass is 32.2. The largest absolute Gasteiger partial charge is 0.383 e. The highest BCUT2D eigenvalue weighted by molar-refractivity contribution is 7.98. The first-order valence-electron chi connectivity index (χ1n) is 15.1. The fraction of sp³-hybridized carbons (Fsp3) is 0.265. The van der Waals surface area contributed by atoms with Crippen molar-refractivity contribution in [2.75, 3.05) is 44.5 Å². The summed E-state index contributed by atoms with van der Waals surface area (Å²) in [4.78, 5) is 24.3. The third-order valence-electron chi connectivity index (χ3n) is 8.13. The lowest BCUT2D eigenvalue weighted by Crippen LogP contribution is -2.29. The number of anilines is 1. The molecule has 0 radical (unpaired) electrons. The number of benzene rings is 3. The Morgan fingerprint density at radius 1 is 1.04 bits per heavy atom. The van der Waals surface area contributed by atoms with E-state index in [1.165, 1.54) is 10.9 Å². The monoisotopic (exact) mass is 671 g/mol. The van der Waals surface area contributed by atoms with Gasteiger partial charge in [-0.05, 0) is 68.1 Å². The van der Waals surface area contributed by atoms with Crippen LogP contribution in [0.2, 0.25) is 0 Å². The Labute approximate surface area is 277 Å². The molecule has 244 valence electrons. The number of nitrogens with two attached hydrogens (primary N) is 1. The van der Waals surface area contributed by atoms with Crippen molar-refractivity contribution in [3.05, 3.63) is 101 Å². The highest BCUT2D eigenvalue weighted by Gasteiger charge is 2.29. The number of thioether (sulfide) groups is 1. The van der Waals surface area contributed by atoms with Gasteiger partial charge < -0.3 is 15.5 Å². The minimum atomic E-state index is -4.20. The fourth-order valence-electron chi connectivity index (χ4n) is 5.65. The predicted molar refractivity (Wildman–Crippen MR) is 187 cm³/mol. The Balaban J connectivity index is 1.45. The molecule has 13 heteroatoms. The quantitative estimate of drug-likeness (QED) is 0.159. The second-order valence-electron chi connectivity index (χ2n) is 11.5. The first-order chi connectivity index (χ1) is 22.6. The highest BCUT2D eigenvalue weighted by Crippen LogP contribution is 2.31. The Kier molecular flexibility index (Phi) is 9.24. The first-order valence-corrected chi connectivity index (χ1v) is 18.0. The van der Waals surface area contributed by atoms with Crippen molar-refractivity contribution in [2.24, 2.45) is 0 Å². The summed E-state index contributed by atoms with van der Waals surface area (Å²) in [5, 5.41) is 5.03. The van der Waals surface area contributed by atoms with E-state index in [1.54, 1.807) is 49.2 Å². The van der Waals surface area contributed by atoms with E-state index in [0.29, 0.717) is 29.7 Å². The summed E-state index contributed by atoms with van der Waals surface area (Å²) in [6.45, 7) is 6.52. The molecule has 0 unspecified atom stereocenters. The Bertz CT molecular complexity index is 2180. The van der Waals surface area contributed by atoms with E-state index in [0.717, 1.165) is 50.8 Å². The van der Waals surface area contributed by atoms with Crippen LogP contribution in [0.15, 0.2) is 77.8 Å². The van der Waals surface area contributed by atoms with Gasteiger partial charge in [-0.15, -0.1) is 0 Å². The average molecular weight is 672 g/mol. The van der Waals surface area contributed by atoms with Gasteiger partial charge in [0.1, 0.15) is 17.3 Å². The number of nitrogens with zero attached hydrogens (tertiary/aromatic N) is 5. The van der Waals surface area contributed by atoms with Crippen molar-refractivity contribution in [1.82, 2.24) is 28.6 Å². The molecule has 0 atom stereocenters. The number of rotatable bonds is 13. The lowest BCUT2D eigenvalue weighted by atomic mass is 10.1. The molecule has 0 saturated heterocycles. The molecule has 47 heavy (non-hydrogen) atoms. The number of imidazole rings is 1. The molecular weight excluding hydrogens is 635 g/mol. The van der Waals surface area contributed by atoms with Crippen LogP contribution in [0.1, 0.15) is 33.0 Å². The number of ketones is 1. The molecular formula is C34H37N7O4S2. The summed E-state index contributed by atoms with van der Waals surface area (Å²) in [6.07, 6.45) is 3.44. The number of aromatic nitrogens is 5. The number of methoxy groups -OCH3 is 1. The number of hydrogen-bond acceptors (Lipinski definition) is 9. The van der Waals surface area contributed by atoms with Crippen LogP contribution in [-0.2, 0) is 21.3 Å². The van der Waals surface area contributed by atoms with E-state index in [4.69, 9.17) is 10.5 Å². The van der Waals surface area contributed by atoms with E-state index in [-0.39, 0.29) is 22.0 Å². The minimum Gasteiger partial charge on any atom is -0.383 e. The van der Waals surface area contributed by atoms with Crippen LogP contribution in [0, 0.1) is 13.8 Å². The Morgan fingerprint density at radius 2 is 1.83 bits per heavy atom. The number of nitrogen functional groups attached to an aromatic ring is 1. The van der Waals surface area contributed by atoms with Crippen molar-refractivity contribution in [3.8, 4) is 5.69 Å². The van der Waals surface area contributed by atoms with Crippen molar-refractivity contribution in [3.63, 3.8) is 0 Å². The number of carbonyl (C=O) groups is 1. The van der Waals surface area contributed by atoms with Gasteiger partial charge in [-0.1, -0.05) is 29.8 Å². The van der Waals surface area contributed by atoms with Gasteiger partial charge >= 0.3 is 0 Å². The summed E-state index contributed by atoms with van der Waals surface area (Å²) >= 11 is 1.76. The van der Waals surface area contributed by atoms with E-state index >= 15 is 0 Å². The van der Waals surface area contributed by atoms with Crippen molar-refractivity contribution >= 4 is 55.3 Å². The number of aryl methyl sites for hydroxylation is 2. The van der Waals surface area contributed by atoms with Gasteiger partial charge in [0.15, 0.2) is 0 Å². The summed E-state index contributed by atoms with van der Waals surface area (Å²) < 4.78 is 36.6. The number of hydrogen-bond donors (Lipinski definition) is 2. The van der Waals surface area contributed by atoms with Crippen molar-refractivity contribution in [1.29, 1.82) is 0 Å². The second-order valence-corrected chi connectivity index (χ2v) is 14.2. The molecule has 0 spiro atoms. The molecule has 0 aliphatic carbocycles. The zero-order valence-corrected chi connectivity index (χ0v) is 28.4. The van der Waals surface area contributed by atoms with Crippen LogP contribution in [-0.4, -0.2) is 81.6 Å². The maximum absolute atomic E-state index is 14.4. The van der Waals surface area contributed by atoms with Gasteiger partial charge in [0.05, 0.1) is 45.5 Å². The van der Waals surface area contributed by atoms with Gasteiger partial charge in [-0.3, -0.25) is 9.69 Å². The number of ether oxygens (including phenoxy) is 1. The Morgan fingerprint density at radius 3 is 2.57 bits per heavy atom. The molecule has 6 rings (SSSR count). The average Bonchev–Trinajstić information content (AvgIpc) is 3.75. The molecule has 0 aliphatic heterocycles. The summed E-state index contributed by atoms with van der Waals surface area (Å²) in [5.41, 5.74) is 11.1. The number of H-pyrrole nitrogens is 1. The molecule has 3 heterocycles. The molecule has 0 bridgehead atoms. The summed E-state index contributed by atoms with van der Waals surface area (Å²) in [6, 6.07) is 19.4. The zero-order chi connectivity index (χ0) is 33.3. The lowest BCUT2D eigenvalue weighted by molar-refractivity contribution is 0.103.